The van der Waals surface area contributed by atoms with E-state index in [1.54, 1.807) is 0 Å². The summed E-state index contributed by atoms with van der Waals surface area (Å²) in [7, 11) is 0. The van der Waals surface area contributed by atoms with Crippen LogP contribution in [0.25, 0.3) is 0 Å². The Bertz CT molecular complexity index is 757. The van der Waals surface area contributed by atoms with Gasteiger partial charge in [0.15, 0.2) is 4.34 Å². The number of carbonyl (C=O) groups is 1. The molecule has 1 amide bonds. The van der Waals surface area contributed by atoms with E-state index in [-0.39, 0.29) is 5.91 Å². The smallest absolute Gasteiger partial charge is 0.233 e. The lowest BCUT2D eigenvalue weighted by Crippen LogP contribution is -2.35. The first-order valence-corrected chi connectivity index (χ1v) is 12.1. The van der Waals surface area contributed by atoms with Gasteiger partial charge in [-0.15, -0.1) is 10.2 Å². The van der Waals surface area contributed by atoms with Crippen LogP contribution in [-0.4, -0.2) is 39.8 Å². The van der Waals surface area contributed by atoms with Gasteiger partial charge in [-0.3, -0.25) is 4.79 Å². The van der Waals surface area contributed by atoms with Crippen LogP contribution in [0.4, 0.5) is 10.8 Å². The summed E-state index contributed by atoms with van der Waals surface area (Å²) >= 11 is 2.97. The highest BCUT2D eigenvalue weighted by Gasteiger charge is 2.16. The number of carbonyl (C=O) groups excluding carboxylic acids is 1. The third kappa shape index (κ3) is 7.97. The number of nitrogens with one attached hydrogen (secondary N) is 1. The number of aromatic nitrogens is 2. The van der Waals surface area contributed by atoms with Crippen molar-refractivity contribution in [2.45, 2.75) is 58.7 Å². The quantitative estimate of drug-likeness (QED) is 0.445. The molecule has 29 heavy (non-hydrogen) atoms. The molecule has 0 unspecified atom stereocenters. The highest BCUT2D eigenvalue weighted by Crippen LogP contribution is 2.30. The second-order valence-corrected chi connectivity index (χ2v) is 10.5. The highest BCUT2D eigenvalue weighted by atomic mass is 32.2. The van der Waals surface area contributed by atoms with Crippen molar-refractivity contribution in [3.8, 4) is 0 Å². The molecule has 1 aromatic heterocycles. The maximum Gasteiger partial charge on any atom is 0.233 e. The van der Waals surface area contributed by atoms with Gasteiger partial charge in [-0.05, 0) is 49.7 Å². The van der Waals surface area contributed by atoms with E-state index in [1.165, 1.54) is 34.2 Å². The normalized spacial score (nSPS) is 11.3. The maximum absolute atomic E-state index is 12.8. The van der Waals surface area contributed by atoms with E-state index in [0.29, 0.717) is 17.6 Å². The summed E-state index contributed by atoms with van der Waals surface area (Å²) in [6.45, 7) is 14.6. The summed E-state index contributed by atoms with van der Waals surface area (Å²) in [6.07, 6.45) is 2.08. The van der Waals surface area contributed by atoms with Crippen molar-refractivity contribution >= 4 is 39.8 Å². The lowest BCUT2D eigenvalue weighted by molar-refractivity contribution is -0.128. The van der Waals surface area contributed by atoms with E-state index in [4.69, 9.17) is 0 Å². The minimum atomic E-state index is 0.191. The first kappa shape index (κ1) is 23.7. The number of aryl methyl sites for hydroxylation is 2. The number of anilines is 2. The second kappa shape index (κ2) is 11.6. The topological polar surface area (TPSA) is 58.1 Å². The fraction of sp³-hybridized carbons (Fsp3) is 0.591. The van der Waals surface area contributed by atoms with Crippen molar-refractivity contribution in [3.05, 3.63) is 29.3 Å². The third-order valence-corrected chi connectivity index (χ3v) is 6.70. The van der Waals surface area contributed by atoms with Gasteiger partial charge in [-0.1, -0.05) is 69.0 Å². The van der Waals surface area contributed by atoms with Gasteiger partial charge in [0.1, 0.15) is 0 Å². The molecule has 0 atom stereocenters. The van der Waals surface area contributed by atoms with Gasteiger partial charge in [0.25, 0.3) is 0 Å². The van der Waals surface area contributed by atoms with Gasteiger partial charge in [0.2, 0.25) is 11.0 Å². The van der Waals surface area contributed by atoms with Gasteiger partial charge in [0, 0.05) is 18.8 Å². The predicted octanol–water partition coefficient (Wildman–Crippen LogP) is 5.91. The standard InChI is InChI=1S/C22H34N4OS2/c1-15(2)10-12-26(13-11-16(3)4)19(27)14-28-22-25-24-21(29-22)23-20-17(5)8-7-9-18(20)6/h7-9,15-16H,10-14H2,1-6H3,(H,23,24). The van der Waals surface area contributed by atoms with Gasteiger partial charge >= 0.3 is 0 Å². The molecule has 0 aliphatic rings. The molecule has 2 rings (SSSR count). The Morgan fingerprint density at radius 3 is 2.21 bits per heavy atom. The number of thioether (sulfide) groups is 1. The highest BCUT2D eigenvalue weighted by molar-refractivity contribution is 8.01. The van der Waals surface area contributed by atoms with Crippen LogP contribution >= 0.6 is 23.1 Å². The van der Waals surface area contributed by atoms with Crippen LogP contribution in [-0.2, 0) is 4.79 Å². The molecule has 0 aliphatic carbocycles. The van der Waals surface area contributed by atoms with Gasteiger partial charge in [-0.2, -0.15) is 0 Å². The number of hydrogen-bond donors (Lipinski definition) is 1. The third-order valence-electron chi connectivity index (χ3n) is 4.74. The minimum absolute atomic E-state index is 0.191. The number of amides is 1. The summed E-state index contributed by atoms with van der Waals surface area (Å²) in [4.78, 5) is 14.8. The molecular weight excluding hydrogens is 400 g/mol. The van der Waals surface area contributed by atoms with Crippen molar-refractivity contribution in [1.82, 2.24) is 15.1 Å². The van der Waals surface area contributed by atoms with Gasteiger partial charge in [0.05, 0.1) is 5.75 Å². The first-order valence-electron chi connectivity index (χ1n) is 10.3. The molecule has 1 heterocycles. The van der Waals surface area contributed by atoms with Crippen LogP contribution in [0.15, 0.2) is 22.5 Å². The number of para-hydroxylation sites is 1. The molecular formula is C22H34N4OS2. The Balaban J connectivity index is 1.93. The minimum Gasteiger partial charge on any atom is -0.342 e. The van der Waals surface area contributed by atoms with Crippen LogP contribution in [0.5, 0.6) is 0 Å². The molecule has 2 aromatic rings. The van der Waals surface area contributed by atoms with Crippen molar-refractivity contribution in [3.63, 3.8) is 0 Å². The van der Waals surface area contributed by atoms with Crippen LogP contribution in [0, 0.1) is 25.7 Å². The molecule has 7 heteroatoms. The molecule has 0 bridgehead atoms. The summed E-state index contributed by atoms with van der Waals surface area (Å²) in [6, 6.07) is 6.20. The van der Waals surface area contributed by atoms with Crippen molar-refractivity contribution < 1.29 is 4.79 Å². The maximum atomic E-state index is 12.8. The van der Waals surface area contributed by atoms with Crippen LogP contribution in [0.3, 0.4) is 0 Å². The van der Waals surface area contributed by atoms with E-state index in [0.717, 1.165) is 41.1 Å². The average Bonchev–Trinajstić information content (AvgIpc) is 3.10. The Morgan fingerprint density at radius 1 is 1.07 bits per heavy atom. The molecule has 0 aliphatic heterocycles. The molecule has 0 saturated heterocycles. The zero-order valence-electron chi connectivity index (χ0n) is 18.5. The molecule has 5 nitrogen and oxygen atoms in total. The van der Waals surface area contributed by atoms with Gasteiger partial charge < -0.3 is 10.2 Å². The zero-order chi connectivity index (χ0) is 21.4. The second-order valence-electron chi connectivity index (χ2n) is 8.30. The Hall–Kier alpha value is -1.60. The van der Waals surface area contributed by atoms with E-state index in [9.17, 15) is 4.79 Å². The average molecular weight is 435 g/mol. The van der Waals surface area contributed by atoms with Crippen molar-refractivity contribution in [1.29, 1.82) is 0 Å². The van der Waals surface area contributed by atoms with Crippen molar-refractivity contribution in [2.24, 2.45) is 11.8 Å². The predicted molar refractivity (Wildman–Crippen MR) is 125 cm³/mol. The van der Waals surface area contributed by atoms with Gasteiger partial charge in [-0.25, -0.2) is 0 Å². The molecule has 0 spiro atoms. The molecule has 0 radical (unpaired) electrons. The summed E-state index contributed by atoms with van der Waals surface area (Å²) in [5.74, 6) is 1.79. The number of rotatable bonds is 11. The molecule has 0 saturated carbocycles. The molecule has 1 N–H and O–H groups in total. The Kier molecular flexibility index (Phi) is 9.43. The van der Waals surface area contributed by atoms with Crippen LogP contribution in [0.2, 0.25) is 0 Å². The fourth-order valence-electron chi connectivity index (χ4n) is 2.84. The molecule has 1 aromatic carbocycles. The van der Waals surface area contributed by atoms with E-state index in [1.807, 2.05) is 11.0 Å². The summed E-state index contributed by atoms with van der Waals surface area (Å²) in [5, 5.41) is 12.6. The van der Waals surface area contributed by atoms with Crippen LogP contribution in [0.1, 0.15) is 51.7 Å². The lowest BCUT2D eigenvalue weighted by atomic mass is 10.1. The SMILES string of the molecule is Cc1cccc(C)c1Nc1nnc(SCC(=O)N(CCC(C)C)CCC(C)C)s1. The summed E-state index contributed by atoms with van der Waals surface area (Å²) < 4.78 is 0.819. The van der Waals surface area contributed by atoms with E-state index < -0.39 is 0 Å². The fourth-order valence-corrected chi connectivity index (χ4v) is 4.50. The number of nitrogens with zero attached hydrogens (tertiary/aromatic N) is 3. The number of benzene rings is 1. The lowest BCUT2D eigenvalue weighted by Gasteiger charge is -2.24. The monoisotopic (exact) mass is 434 g/mol. The first-order chi connectivity index (χ1) is 13.8. The molecule has 160 valence electrons. The van der Waals surface area contributed by atoms with Crippen molar-refractivity contribution in [2.75, 3.05) is 24.2 Å². The Morgan fingerprint density at radius 2 is 1.66 bits per heavy atom. The molecule has 0 fully saturated rings. The zero-order valence-corrected chi connectivity index (χ0v) is 20.1. The largest absolute Gasteiger partial charge is 0.342 e. The van der Waals surface area contributed by atoms with Crippen LogP contribution < -0.4 is 5.32 Å². The number of hydrogen-bond acceptors (Lipinski definition) is 6. The Labute approximate surface area is 183 Å². The summed E-state index contributed by atoms with van der Waals surface area (Å²) in [5.41, 5.74) is 3.43. The van der Waals surface area contributed by atoms with E-state index in [2.05, 4.69) is 69.2 Å². The van der Waals surface area contributed by atoms with E-state index >= 15 is 0 Å².